The summed E-state index contributed by atoms with van der Waals surface area (Å²) in [6, 6.07) is 0. The molecule has 5 heteroatoms. The molecule has 3 nitrogen and oxygen atoms in total. The van der Waals surface area contributed by atoms with Crippen LogP contribution in [-0.2, 0) is 0 Å². The van der Waals surface area contributed by atoms with Gasteiger partial charge < -0.3 is 5.32 Å². The van der Waals surface area contributed by atoms with Gasteiger partial charge in [-0.15, -0.1) is 0 Å². The number of nitrogens with one attached hydrogen (secondary N) is 1. The Morgan fingerprint density at radius 2 is 2.08 bits per heavy atom. The summed E-state index contributed by atoms with van der Waals surface area (Å²) in [4.78, 5) is 9.38. The van der Waals surface area contributed by atoms with Crippen LogP contribution in [0.15, 0.2) is 56.8 Å². The van der Waals surface area contributed by atoms with Crippen molar-refractivity contribution in [1.29, 1.82) is 0 Å². The van der Waals surface area contributed by atoms with Crippen molar-refractivity contribution in [1.82, 2.24) is 5.32 Å². The largest absolute Gasteiger partial charge is 0.389 e. The quantitative estimate of drug-likeness (QED) is 0.667. The van der Waals surface area contributed by atoms with Crippen LogP contribution in [0.1, 0.15) is 45.4 Å². The number of thioether (sulfide) groups is 1. The van der Waals surface area contributed by atoms with Crippen molar-refractivity contribution in [2.24, 2.45) is 15.4 Å². The van der Waals surface area contributed by atoms with Crippen molar-refractivity contribution in [3.63, 3.8) is 0 Å². The maximum Gasteiger partial charge on any atom is 0.132 e. The molecular weight excluding hydrogens is 333 g/mol. The number of hydrogen-bond donors (Lipinski definition) is 1. The maximum atomic E-state index is 14.0. The highest BCUT2D eigenvalue weighted by Crippen LogP contribution is 2.43. The molecule has 1 N–H and O–H groups in total. The molecule has 0 aromatic heterocycles. The van der Waals surface area contributed by atoms with Crippen LogP contribution in [0.2, 0.25) is 0 Å². The lowest BCUT2D eigenvalue weighted by atomic mass is 9.79. The lowest BCUT2D eigenvalue weighted by Gasteiger charge is -2.28. The van der Waals surface area contributed by atoms with E-state index in [2.05, 4.69) is 21.9 Å². The van der Waals surface area contributed by atoms with E-state index in [4.69, 9.17) is 0 Å². The number of halogens is 1. The molecule has 1 fully saturated rings. The zero-order valence-corrected chi connectivity index (χ0v) is 15.8. The van der Waals surface area contributed by atoms with E-state index < -0.39 is 0 Å². The van der Waals surface area contributed by atoms with Crippen molar-refractivity contribution >= 4 is 24.2 Å². The first-order chi connectivity index (χ1) is 12.2. The molecule has 2 rings (SSSR count). The van der Waals surface area contributed by atoms with E-state index in [9.17, 15) is 4.39 Å². The van der Waals surface area contributed by atoms with Gasteiger partial charge in [0.05, 0.1) is 0 Å². The van der Waals surface area contributed by atoms with Gasteiger partial charge in [0.15, 0.2) is 0 Å². The zero-order valence-electron chi connectivity index (χ0n) is 15.0. The second-order valence-electron chi connectivity index (χ2n) is 6.48. The topological polar surface area (TPSA) is 36.8 Å². The first-order valence-electron chi connectivity index (χ1n) is 8.98. The Hall–Kier alpha value is -1.62. The first-order valence-corrected chi connectivity index (χ1v) is 9.79. The predicted octanol–water partition coefficient (Wildman–Crippen LogP) is 5.55. The minimum Gasteiger partial charge on any atom is -0.389 e. The van der Waals surface area contributed by atoms with Gasteiger partial charge in [0.25, 0.3) is 0 Å². The molecule has 0 unspecified atom stereocenters. The molecule has 0 atom stereocenters. The lowest BCUT2D eigenvalue weighted by molar-refractivity contribution is 0.253. The third kappa shape index (κ3) is 6.31. The Balaban J connectivity index is 2.11. The Labute approximate surface area is 155 Å². The molecule has 0 saturated heterocycles. The first kappa shape index (κ1) is 19.7. The Kier molecular flexibility index (Phi) is 8.19. The van der Waals surface area contributed by atoms with Crippen LogP contribution in [-0.4, -0.2) is 25.5 Å². The molecule has 136 valence electrons. The maximum absolute atomic E-state index is 14.0. The lowest BCUT2D eigenvalue weighted by Crippen LogP contribution is -2.23. The molecule has 0 aromatic rings. The van der Waals surface area contributed by atoms with Gasteiger partial charge in [-0.3, -0.25) is 4.99 Å². The predicted molar refractivity (Wildman–Crippen MR) is 109 cm³/mol. The average molecular weight is 362 g/mol. The molecule has 1 heterocycles. The summed E-state index contributed by atoms with van der Waals surface area (Å²) >= 11 is 1.28. The fraction of sp³-hybridized carbons (Fsp3) is 0.500. The number of rotatable bonds is 4. The van der Waals surface area contributed by atoms with Crippen molar-refractivity contribution < 1.29 is 4.39 Å². The van der Waals surface area contributed by atoms with Gasteiger partial charge in [0.1, 0.15) is 10.9 Å². The van der Waals surface area contributed by atoms with Gasteiger partial charge in [0.2, 0.25) is 0 Å². The fourth-order valence-electron chi connectivity index (χ4n) is 3.39. The van der Waals surface area contributed by atoms with Crippen molar-refractivity contribution in [3.05, 3.63) is 46.8 Å². The minimum absolute atomic E-state index is 0.273. The summed E-state index contributed by atoms with van der Waals surface area (Å²) in [6.07, 6.45) is 17.6. The highest BCUT2D eigenvalue weighted by atomic mass is 32.2. The van der Waals surface area contributed by atoms with Crippen LogP contribution in [0.3, 0.4) is 0 Å². The van der Waals surface area contributed by atoms with Gasteiger partial charge >= 0.3 is 0 Å². The van der Waals surface area contributed by atoms with Gasteiger partial charge in [-0.05, 0) is 44.1 Å². The van der Waals surface area contributed by atoms with Gasteiger partial charge in [-0.1, -0.05) is 43.3 Å². The molecular formula is C20H28FN3S. The van der Waals surface area contributed by atoms with Crippen LogP contribution in [0.25, 0.3) is 0 Å². The SMILES string of the molecule is C=C/C=C(SC1=CNCCC2(CCCC2)CCN=CC=N1)\C(F)=C/C. The highest BCUT2D eigenvalue weighted by Gasteiger charge is 2.32. The van der Waals surface area contributed by atoms with Crippen LogP contribution in [0.4, 0.5) is 4.39 Å². The van der Waals surface area contributed by atoms with Crippen LogP contribution >= 0.6 is 11.8 Å². The monoisotopic (exact) mass is 361 g/mol. The van der Waals surface area contributed by atoms with E-state index in [0.29, 0.717) is 15.3 Å². The van der Waals surface area contributed by atoms with Crippen LogP contribution in [0, 0.1) is 5.41 Å². The molecule has 2 aliphatic rings. The summed E-state index contributed by atoms with van der Waals surface area (Å²) in [5, 5.41) is 4.08. The smallest absolute Gasteiger partial charge is 0.132 e. The van der Waals surface area contributed by atoms with Crippen molar-refractivity contribution in [3.8, 4) is 0 Å². The molecule has 1 aliphatic heterocycles. The molecule has 0 bridgehead atoms. The Morgan fingerprint density at radius 1 is 1.28 bits per heavy atom. The molecule has 1 aliphatic carbocycles. The summed E-state index contributed by atoms with van der Waals surface area (Å²) in [5.41, 5.74) is 0.437. The van der Waals surface area contributed by atoms with E-state index >= 15 is 0 Å². The highest BCUT2D eigenvalue weighted by molar-refractivity contribution is 8.06. The molecule has 0 amide bonds. The second kappa shape index (κ2) is 10.4. The Morgan fingerprint density at radius 3 is 2.80 bits per heavy atom. The third-order valence-corrected chi connectivity index (χ3v) is 5.79. The average Bonchev–Trinajstić information content (AvgIpc) is 3.08. The van der Waals surface area contributed by atoms with Crippen molar-refractivity contribution in [2.75, 3.05) is 13.1 Å². The molecule has 1 saturated carbocycles. The molecule has 1 spiro atoms. The van der Waals surface area contributed by atoms with E-state index in [0.717, 1.165) is 25.9 Å². The van der Waals surface area contributed by atoms with Crippen molar-refractivity contribution in [2.45, 2.75) is 45.4 Å². The number of hydrogen-bond acceptors (Lipinski definition) is 4. The standard InChI is InChI=1S/C20H28FN3S/c1-3-7-18(17(21)4-2)25-19-16-23-13-11-20(8-5-6-9-20)10-12-22-14-15-24-19/h3-4,7,14-16,23H,1,5-6,8-13H2,2H3/b17-4+,18-7+,19-16?,22-14?,24-15?. The number of aliphatic imine (C=N–C) groups is 2. The third-order valence-electron chi connectivity index (χ3n) is 4.81. The van der Waals surface area contributed by atoms with Gasteiger partial charge in [-0.25, -0.2) is 9.38 Å². The van der Waals surface area contributed by atoms with Crippen LogP contribution in [0.5, 0.6) is 0 Å². The summed E-state index contributed by atoms with van der Waals surface area (Å²) < 4.78 is 14.0. The van der Waals surface area contributed by atoms with E-state index in [1.54, 1.807) is 31.5 Å². The molecule has 0 radical (unpaired) electrons. The fourth-order valence-corrected chi connectivity index (χ4v) is 4.26. The summed E-state index contributed by atoms with van der Waals surface area (Å²) in [6.45, 7) is 7.10. The van der Waals surface area contributed by atoms with E-state index in [1.165, 1.54) is 43.5 Å². The summed E-state index contributed by atoms with van der Waals surface area (Å²) in [7, 11) is 0. The normalized spacial score (nSPS) is 22.1. The van der Waals surface area contributed by atoms with Gasteiger partial charge in [-0.2, -0.15) is 0 Å². The van der Waals surface area contributed by atoms with Gasteiger partial charge in [0, 0.05) is 36.6 Å². The number of allylic oxidation sites excluding steroid dienone is 4. The Bertz CT molecular complexity index is 596. The van der Waals surface area contributed by atoms with Crippen LogP contribution < -0.4 is 5.32 Å². The molecule has 25 heavy (non-hydrogen) atoms. The summed E-state index contributed by atoms with van der Waals surface area (Å²) in [5.74, 6) is -0.273. The second-order valence-corrected chi connectivity index (χ2v) is 7.54. The number of nitrogens with zero attached hydrogens (tertiary/aromatic N) is 2. The minimum atomic E-state index is -0.273. The van der Waals surface area contributed by atoms with E-state index in [-0.39, 0.29) is 5.83 Å². The zero-order chi connectivity index (χ0) is 18.0. The molecule has 0 aromatic carbocycles. The van der Waals surface area contributed by atoms with E-state index in [1.807, 2.05) is 6.20 Å².